The summed E-state index contributed by atoms with van der Waals surface area (Å²) in [4.78, 5) is 4.50. The van der Waals surface area contributed by atoms with Gasteiger partial charge < -0.3 is 9.26 Å². The Bertz CT molecular complexity index is 939. The average Bonchev–Trinajstić information content (AvgIpc) is 3.11. The van der Waals surface area contributed by atoms with Crippen molar-refractivity contribution in [3.8, 4) is 17.1 Å². The first-order chi connectivity index (χ1) is 12.1. The maximum atomic E-state index is 12.1. The molecule has 2 aromatic carbocycles. The molecule has 0 saturated carbocycles. The second-order valence-corrected chi connectivity index (χ2v) is 6.97. The molecule has 130 valence electrons. The summed E-state index contributed by atoms with van der Waals surface area (Å²) in [7, 11) is -1.96. The Morgan fingerprint density at radius 3 is 2.68 bits per heavy atom. The summed E-state index contributed by atoms with van der Waals surface area (Å²) in [6, 6.07) is 15.5. The van der Waals surface area contributed by atoms with Crippen molar-refractivity contribution in [2.24, 2.45) is 0 Å². The van der Waals surface area contributed by atoms with E-state index in [1.54, 1.807) is 31.4 Å². The van der Waals surface area contributed by atoms with Gasteiger partial charge in [-0.25, -0.2) is 13.1 Å². The molecule has 3 rings (SSSR count). The zero-order valence-electron chi connectivity index (χ0n) is 13.5. The third kappa shape index (κ3) is 4.23. The fourth-order valence-electron chi connectivity index (χ4n) is 2.21. The van der Waals surface area contributed by atoms with Crippen molar-refractivity contribution in [2.75, 3.05) is 13.7 Å². The van der Waals surface area contributed by atoms with Crippen LogP contribution >= 0.6 is 0 Å². The molecule has 0 aliphatic rings. The lowest BCUT2D eigenvalue weighted by molar-refractivity contribution is 0.379. The highest BCUT2D eigenvalue weighted by molar-refractivity contribution is 7.89. The average molecular weight is 359 g/mol. The number of nitrogens with one attached hydrogen (secondary N) is 1. The fraction of sp³-hybridized carbons (Fsp3) is 0.176. The van der Waals surface area contributed by atoms with E-state index in [9.17, 15) is 8.42 Å². The molecule has 0 amide bonds. The van der Waals surface area contributed by atoms with E-state index in [-0.39, 0.29) is 11.4 Å². The molecule has 7 nitrogen and oxygen atoms in total. The predicted molar refractivity (Wildman–Crippen MR) is 91.6 cm³/mol. The molecule has 8 heteroatoms. The Morgan fingerprint density at radius 1 is 1.12 bits per heavy atom. The highest BCUT2D eigenvalue weighted by Crippen LogP contribution is 2.21. The first kappa shape index (κ1) is 17.1. The molecule has 0 saturated heterocycles. The molecule has 0 atom stereocenters. The summed E-state index contributed by atoms with van der Waals surface area (Å²) in [5.74, 6) is 1.48. The zero-order chi connectivity index (χ0) is 17.7. The number of methoxy groups -OCH3 is 1. The van der Waals surface area contributed by atoms with Crippen LogP contribution in [0.5, 0.6) is 5.75 Å². The summed E-state index contributed by atoms with van der Waals surface area (Å²) in [6.07, 6.45) is 0.295. The van der Waals surface area contributed by atoms with Crippen LogP contribution in [-0.2, 0) is 16.4 Å². The Kier molecular flexibility index (Phi) is 5.11. The monoisotopic (exact) mass is 359 g/mol. The third-order valence-corrected chi connectivity index (χ3v) is 4.96. The van der Waals surface area contributed by atoms with E-state index < -0.39 is 10.0 Å². The first-order valence-corrected chi connectivity index (χ1v) is 9.08. The number of hydrogen-bond donors (Lipinski definition) is 1. The number of sulfonamides is 1. The normalized spacial score (nSPS) is 11.4. The molecule has 0 spiro atoms. The standard InChI is InChI=1S/C17H17N3O4S/c1-23-14-7-5-6-13(12-14)17-19-16(24-20-17)10-11-18-25(21,22)15-8-3-2-4-9-15/h2-9,12,18H,10-11H2,1H3. The SMILES string of the molecule is COc1cccc(-c2noc(CCNS(=O)(=O)c3ccccc3)n2)c1. The van der Waals surface area contributed by atoms with Crippen molar-refractivity contribution < 1.29 is 17.7 Å². The van der Waals surface area contributed by atoms with Crippen molar-refractivity contribution in [3.63, 3.8) is 0 Å². The predicted octanol–water partition coefficient (Wildman–Crippen LogP) is 2.27. The van der Waals surface area contributed by atoms with Crippen LogP contribution in [0.2, 0.25) is 0 Å². The molecule has 0 fully saturated rings. The van der Waals surface area contributed by atoms with E-state index in [2.05, 4.69) is 14.9 Å². The molecular weight excluding hydrogens is 342 g/mol. The number of hydrogen-bond acceptors (Lipinski definition) is 6. The molecule has 25 heavy (non-hydrogen) atoms. The van der Waals surface area contributed by atoms with E-state index in [1.165, 1.54) is 12.1 Å². The molecule has 0 bridgehead atoms. The Hall–Kier alpha value is -2.71. The summed E-state index contributed by atoms with van der Waals surface area (Å²) >= 11 is 0. The minimum Gasteiger partial charge on any atom is -0.497 e. The van der Waals surface area contributed by atoms with Gasteiger partial charge in [-0.2, -0.15) is 4.98 Å². The highest BCUT2D eigenvalue weighted by Gasteiger charge is 2.14. The molecule has 1 heterocycles. The quantitative estimate of drug-likeness (QED) is 0.695. The van der Waals surface area contributed by atoms with Gasteiger partial charge in [-0.15, -0.1) is 0 Å². The van der Waals surface area contributed by atoms with Gasteiger partial charge in [0, 0.05) is 18.5 Å². The molecule has 0 radical (unpaired) electrons. The van der Waals surface area contributed by atoms with Crippen molar-refractivity contribution in [3.05, 3.63) is 60.5 Å². The molecular formula is C17H17N3O4S. The first-order valence-electron chi connectivity index (χ1n) is 7.60. The number of benzene rings is 2. The van der Waals surface area contributed by atoms with E-state index in [0.29, 0.717) is 23.9 Å². The summed E-state index contributed by atoms with van der Waals surface area (Å²) in [6.45, 7) is 0.164. The minimum atomic E-state index is -3.54. The molecule has 0 unspecified atom stereocenters. The number of nitrogens with zero attached hydrogens (tertiary/aromatic N) is 2. The maximum absolute atomic E-state index is 12.1. The van der Waals surface area contributed by atoms with Crippen LogP contribution < -0.4 is 9.46 Å². The van der Waals surface area contributed by atoms with Gasteiger partial charge in [0.05, 0.1) is 12.0 Å². The lowest BCUT2D eigenvalue weighted by Crippen LogP contribution is -2.26. The van der Waals surface area contributed by atoms with E-state index >= 15 is 0 Å². The van der Waals surface area contributed by atoms with E-state index in [0.717, 1.165) is 5.56 Å². The lowest BCUT2D eigenvalue weighted by Gasteiger charge is -2.04. The van der Waals surface area contributed by atoms with Crippen molar-refractivity contribution >= 4 is 10.0 Å². The van der Waals surface area contributed by atoms with Gasteiger partial charge in [-0.3, -0.25) is 0 Å². The van der Waals surface area contributed by atoms with Gasteiger partial charge in [0.2, 0.25) is 21.7 Å². The maximum Gasteiger partial charge on any atom is 0.240 e. The lowest BCUT2D eigenvalue weighted by atomic mass is 10.2. The van der Waals surface area contributed by atoms with Gasteiger partial charge in [0.25, 0.3) is 0 Å². The van der Waals surface area contributed by atoms with Crippen LogP contribution in [0, 0.1) is 0 Å². The number of rotatable bonds is 7. The van der Waals surface area contributed by atoms with Crippen LogP contribution in [0.25, 0.3) is 11.4 Å². The second-order valence-electron chi connectivity index (χ2n) is 5.20. The van der Waals surface area contributed by atoms with Crippen LogP contribution in [0.4, 0.5) is 0 Å². The minimum absolute atomic E-state index is 0.164. The zero-order valence-corrected chi connectivity index (χ0v) is 14.4. The Balaban J connectivity index is 1.62. The largest absolute Gasteiger partial charge is 0.497 e. The third-order valence-electron chi connectivity index (χ3n) is 3.48. The molecule has 0 aliphatic heterocycles. The summed E-state index contributed by atoms with van der Waals surface area (Å²) in [5.41, 5.74) is 0.763. The van der Waals surface area contributed by atoms with Crippen LogP contribution in [0.15, 0.2) is 64.0 Å². The van der Waals surface area contributed by atoms with Crippen LogP contribution in [0.1, 0.15) is 5.89 Å². The Labute approximate surface area is 145 Å². The smallest absolute Gasteiger partial charge is 0.240 e. The van der Waals surface area contributed by atoms with Crippen LogP contribution in [-0.4, -0.2) is 32.2 Å². The summed E-state index contributed by atoms with van der Waals surface area (Å²) < 4.78 is 37.1. The molecule has 3 aromatic rings. The highest BCUT2D eigenvalue weighted by atomic mass is 32.2. The molecule has 0 aliphatic carbocycles. The van der Waals surface area contributed by atoms with E-state index in [1.807, 2.05) is 18.2 Å². The van der Waals surface area contributed by atoms with Crippen molar-refractivity contribution in [1.82, 2.24) is 14.9 Å². The van der Waals surface area contributed by atoms with E-state index in [4.69, 9.17) is 9.26 Å². The van der Waals surface area contributed by atoms with Gasteiger partial charge >= 0.3 is 0 Å². The Morgan fingerprint density at radius 2 is 1.92 bits per heavy atom. The van der Waals surface area contributed by atoms with Crippen molar-refractivity contribution in [2.45, 2.75) is 11.3 Å². The summed E-state index contributed by atoms with van der Waals surface area (Å²) in [5, 5.41) is 3.92. The molecule has 1 aromatic heterocycles. The van der Waals surface area contributed by atoms with Gasteiger partial charge in [0.15, 0.2) is 0 Å². The fourth-order valence-corrected chi connectivity index (χ4v) is 3.26. The molecule has 1 N–H and O–H groups in total. The van der Waals surface area contributed by atoms with Gasteiger partial charge in [-0.05, 0) is 24.3 Å². The van der Waals surface area contributed by atoms with Gasteiger partial charge in [-0.1, -0.05) is 35.5 Å². The van der Waals surface area contributed by atoms with Crippen LogP contribution in [0.3, 0.4) is 0 Å². The van der Waals surface area contributed by atoms with Crippen molar-refractivity contribution in [1.29, 1.82) is 0 Å². The number of ether oxygens (including phenoxy) is 1. The number of aromatic nitrogens is 2. The topological polar surface area (TPSA) is 94.3 Å². The van der Waals surface area contributed by atoms with Gasteiger partial charge in [0.1, 0.15) is 5.75 Å². The second kappa shape index (κ2) is 7.45.